The maximum absolute atomic E-state index is 13.6. The van der Waals surface area contributed by atoms with Crippen LogP contribution < -0.4 is 31.4 Å². The van der Waals surface area contributed by atoms with Crippen LogP contribution in [0.2, 0.25) is 0 Å². The van der Waals surface area contributed by atoms with Gasteiger partial charge in [0.1, 0.15) is 46.4 Å². The number of pyridine rings is 4. The summed E-state index contributed by atoms with van der Waals surface area (Å²) in [6.45, 7) is 13.1. The monoisotopic (exact) mass is 1310 g/mol. The third-order valence-electron chi connectivity index (χ3n) is 17.9. The molecule has 5 aromatic carbocycles. The van der Waals surface area contributed by atoms with Crippen LogP contribution in [0.5, 0.6) is 0 Å². The van der Waals surface area contributed by atoms with Crippen molar-refractivity contribution in [3.8, 4) is 18.2 Å². The number of fused-ring (bicyclic) bond motifs is 4. The molecule has 3 fully saturated rings. The lowest BCUT2D eigenvalue weighted by Crippen LogP contribution is -2.49. The third-order valence-corrected chi connectivity index (χ3v) is 18.7. The number of amides is 3. The molecule has 3 amide bonds. The molecule has 0 unspecified atom stereocenters. The molecule has 3 aliphatic rings. The number of benzene rings is 5. The molecule has 11 aromatic rings. The van der Waals surface area contributed by atoms with Gasteiger partial charge in [-0.1, -0.05) is 104 Å². The number of anilines is 3. The quantitative estimate of drug-likeness (QED) is 0.124. The molecule has 0 N–H and O–H groups in total. The molecule has 9 heterocycles. The SMILES string of the molecule is CC(C)Cn1c(=O)c(C#N)c(N2CCN(C(=O)c3cccs3)CC2)c2ccccc21.Cc1ccc2c(c1)c(N1CCN(C(=O)c3ccco3)CC1)c(C#N)c(=O)n2C.N#Cc1c(N2CCN(C(=O)c3ccc4ccccc4n3)CC2)c2ccccc2n(Cc2ccc(F)cc2)c1=O. The average Bonchev–Trinajstić information content (AvgIpc) is 1.28. The van der Waals surface area contributed by atoms with Crippen LogP contribution in [0, 0.1) is 52.7 Å². The van der Waals surface area contributed by atoms with Gasteiger partial charge in [0.2, 0.25) is 0 Å². The summed E-state index contributed by atoms with van der Waals surface area (Å²) in [5.74, 6) is 0.0202. The van der Waals surface area contributed by atoms with Crippen LogP contribution in [-0.2, 0) is 20.1 Å². The van der Waals surface area contributed by atoms with E-state index < -0.39 is 5.56 Å². The number of hydrogen-bond donors (Lipinski definition) is 0. The topological polar surface area (TPSA) is 234 Å². The van der Waals surface area contributed by atoms with Crippen molar-refractivity contribution in [2.45, 2.75) is 33.9 Å². The molecular formula is C75H68FN13O7S. The minimum atomic E-state index is -0.394. The second-order valence-corrected chi connectivity index (χ2v) is 25.4. The molecule has 22 heteroatoms. The Morgan fingerprint density at radius 1 is 0.546 bits per heavy atom. The van der Waals surface area contributed by atoms with Crippen molar-refractivity contribution < 1.29 is 23.2 Å². The van der Waals surface area contributed by atoms with Gasteiger partial charge in [-0.15, -0.1) is 11.3 Å². The molecule has 0 aliphatic carbocycles. The van der Waals surface area contributed by atoms with Gasteiger partial charge in [-0.05, 0) is 90.5 Å². The second kappa shape index (κ2) is 28.5. The molecule has 3 saturated heterocycles. The number of halogens is 1. The van der Waals surface area contributed by atoms with Gasteiger partial charge in [0.25, 0.3) is 34.4 Å². The van der Waals surface area contributed by atoms with E-state index in [-0.39, 0.29) is 63.8 Å². The second-order valence-electron chi connectivity index (χ2n) is 24.4. The number of rotatable bonds is 10. The lowest BCUT2D eigenvalue weighted by molar-refractivity contribution is 0.0712. The van der Waals surface area contributed by atoms with E-state index in [1.165, 1.54) is 34.3 Å². The van der Waals surface area contributed by atoms with Crippen LogP contribution >= 0.6 is 11.3 Å². The number of aromatic nitrogens is 4. The van der Waals surface area contributed by atoms with Gasteiger partial charge in [-0.3, -0.25) is 28.8 Å². The Balaban J connectivity index is 0.000000141. The zero-order chi connectivity index (χ0) is 68.0. The van der Waals surface area contributed by atoms with Gasteiger partial charge < -0.3 is 47.5 Å². The number of carbonyl (C=O) groups is 3. The molecule has 488 valence electrons. The number of nitrogens with zero attached hydrogens (tertiary/aromatic N) is 13. The van der Waals surface area contributed by atoms with Crippen molar-refractivity contribution >= 4 is 89.7 Å². The molecule has 14 rings (SSSR count). The number of nitriles is 3. The van der Waals surface area contributed by atoms with Crippen molar-refractivity contribution in [1.29, 1.82) is 15.8 Å². The van der Waals surface area contributed by atoms with E-state index in [1.807, 2.05) is 136 Å². The molecule has 97 heavy (non-hydrogen) atoms. The Hall–Kier alpha value is -11.7. The third kappa shape index (κ3) is 13.3. The lowest BCUT2D eigenvalue weighted by atomic mass is 10.0. The van der Waals surface area contributed by atoms with Crippen LogP contribution in [0.1, 0.15) is 72.4 Å². The Bertz CT molecular complexity index is 5140. The van der Waals surface area contributed by atoms with Crippen LogP contribution in [0.3, 0.4) is 0 Å². The zero-order valence-electron chi connectivity index (χ0n) is 54.0. The summed E-state index contributed by atoms with van der Waals surface area (Å²) in [6.07, 6.45) is 1.48. The van der Waals surface area contributed by atoms with Crippen LogP contribution in [-0.4, -0.2) is 130 Å². The highest BCUT2D eigenvalue weighted by Crippen LogP contribution is 2.34. The van der Waals surface area contributed by atoms with Crippen molar-refractivity contribution in [2.24, 2.45) is 13.0 Å². The average molecular weight is 1310 g/mol. The first kappa shape index (κ1) is 65.4. The molecule has 0 atom stereocenters. The van der Waals surface area contributed by atoms with Crippen molar-refractivity contribution in [1.82, 2.24) is 33.4 Å². The first-order valence-electron chi connectivity index (χ1n) is 32.0. The number of carbonyl (C=O) groups excluding carboxylic acids is 3. The molecular weight excluding hydrogens is 1250 g/mol. The van der Waals surface area contributed by atoms with Gasteiger partial charge in [0, 0.05) is 114 Å². The number of hydrogen-bond acceptors (Lipinski definition) is 15. The van der Waals surface area contributed by atoms with E-state index in [1.54, 1.807) is 56.3 Å². The molecule has 0 spiro atoms. The first-order chi connectivity index (χ1) is 47.0. The minimum Gasteiger partial charge on any atom is -0.459 e. The molecule has 0 radical (unpaired) electrons. The Labute approximate surface area is 561 Å². The summed E-state index contributed by atoms with van der Waals surface area (Å²) in [5.41, 5.74) is 6.72. The highest BCUT2D eigenvalue weighted by molar-refractivity contribution is 7.12. The fourth-order valence-electron chi connectivity index (χ4n) is 13.0. The minimum absolute atomic E-state index is 0.0439. The van der Waals surface area contributed by atoms with Crippen molar-refractivity contribution in [3.05, 3.63) is 244 Å². The molecule has 6 aromatic heterocycles. The highest BCUT2D eigenvalue weighted by atomic mass is 32.1. The summed E-state index contributed by atoms with van der Waals surface area (Å²) >= 11 is 1.45. The zero-order valence-corrected chi connectivity index (χ0v) is 54.8. The summed E-state index contributed by atoms with van der Waals surface area (Å²) in [4.78, 5) is 94.6. The predicted octanol–water partition coefficient (Wildman–Crippen LogP) is 10.4. The van der Waals surface area contributed by atoms with Crippen LogP contribution in [0.25, 0.3) is 43.6 Å². The predicted molar refractivity (Wildman–Crippen MR) is 374 cm³/mol. The van der Waals surface area contributed by atoms with Crippen molar-refractivity contribution in [2.75, 3.05) is 93.2 Å². The van der Waals surface area contributed by atoms with Gasteiger partial charge in [0.15, 0.2) is 5.76 Å². The number of aryl methyl sites for hydroxylation is 2. The summed E-state index contributed by atoms with van der Waals surface area (Å²) in [5, 5.41) is 35.1. The molecule has 0 bridgehead atoms. The molecule has 3 aliphatic heterocycles. The summed E-state index contributed by atoms with van der Waals surface area (Å²) < 4.78 is 23.4. The number of furan rings is 1. The van der Waals surface area contributed by atoms with Gasteiger partial charge in [-0.2, -0.15) is 15.8 Å². The summed E-state index contributed by atoms with van der Waals surface area (Å²) in [6, 6.07) is 51.9. The Kier molecular flexibility index (Phi) is 19.2. The van der Waals surface area contributed by atoms with E-state index in [4.69, 9.17) is 4.42 Å². The van der Waals surface area contributed by atoms with E-state index in [0.717, 1.165) is 54.1 Å². The Morgan fingerprint density at radius 2 is 1.07 bits per heavy atom. The van der Waals surface area contributed by atoms with Crippen molar-refractivity contribution in [3.63, 3.8) is 0 Å². The maximum atomic E-state index is 13.6. The van der Waals surface area contributed by atoms with Gasteiger partial charge in [0.05, 0.1) is 56.8 Å². The number of piperazine rings is 3. The fourth-order valence-corrected chi connectivity index (χ4v) is 13.7. The lowest BCUT2D eigenvalue weighted by Gasteiger charge is -2.37. The van der Waals surface area contributed by atoms with Crippen LogP contribution in [0.15, 0.2) is 182 Å². The van der Waals surface area contributed by atoms with E-state index in [9.17, 15) is 48.9 Å². The standard InChI is InChI=1S/C31H24FN5O2.C23H24N4O2S.C21H20N4O3/c32-23-12-9-21(10-13-23)20-37-28-8-4-2-6-24(28)29(25(19-33)30(37)38)35-15-17-36(18-16-35)31(39)27-14-11-22-5-1-3-7-26(22)34-27;1-16(2)15-27-19-7-4-3-6-17(19)21(18(14-24)22(27)28)25-9-11-26(12-10-25)23(29)20-8-5-13-30-20;1-14-5-6-17-15(12-14)19(16(13-22)20(26)23(17)2)24-7-9-25(10-8-24)21(27)18-4-3-11-28-18/h1-14H,15-18,20H2;3-8,13,16H,9-12,15H2,1-2H3;3-6,11-12H,7-10H2,1-2H3. The molecule has 0 saturated carbocycles. The highest BCUT2D eigenvalue weighted by Gasteiger charge is 2.32. The maximum Gasteiger partial charge on any atom is 0.289 e. The fraction of sp³-hybridized carbons (Fsp3) is 0.253. The number of para-hydroxylation sites is 3. The van der Waals surface area contributed by atoms with E-state index in [2.05, 4.69) is 41.9 Å². The van der Waals surface area contributed by atoms with E-state index in [0.29, 0.717) is 119 Å². The Morgan fingerprint density at radius 3 is 1.63 bits per heavy atom. The number of thiophene rings is 1. The van der Waals surface area contributed by atoms with Gasteiger partial charge >= 0.3 is 0 Å². The first-order valence-corrected chi connectivity index (χ1v) is 32.9. The van der Waals surface area contributed by atoms with Crippen LogP contribution in [0.4, 0.5) is 21.5 Å². The normalized spacial score (nSPS) is 14.0. The van der Waals surface area contributed by atoms with Gasteiger partial charge in [-0.25, -0.2) is 9.37 Å². The smallest absolute Gasteiger partial charge is 0.289 e. The summed E-state index contributed by atoms with van der Waals surface area (Å²) in [7, 11) is 1.69. The molecule has 20 nitrogen and oxygen atoms in total. The van der Waals surface area contributed by atoms with E-state index >= 15 is 0 Å². The largest absolute Gasteiger partial charge is 0.459 e.